The van der Waals surface area contributed by atoms with Gasteiger partial charge in [0.1, 0.15) is 11.6 Å². The lowest BCUT2D eigenvalue weighted by molar-refractivity contribution is 0.414. The molecular formula is C19H23N3O2. The first-order chi connectivity index (χ1) is 11.7. The third-order valence-electron chi connectivity index (χ3n) is 5.25. The molecule has 4 rings (SSSR count). The summed E-state index contributed by atoms with van der Waals surface area (Å²) in [5.41, 5.74) is 0.942. The maximum Gasteiger partial charge on any atom is 0.267 e. The molecular weight excluding hydrogens is 302 g/mol. The maximum absolute atomic E-state index is 12.2. The van der Waals surface area contributed by atoms with Gasteiger partial charge in [0.05, 0.1) is 13.7 Å². The molecule has 5 nitrogen and oxygen atoms in total. The highest BCUT2D eigenvalue weighted by Crippen LogP contribution is 2.45. The van der Waals surface area contributed by atoms with Crippen LogP contribution in [-0.4, -0.2) is 30.0 Å². The van der Waals surface area contributed by atoms with E-state index in [0.717, 1.165) is 42.1 Å². The summed E-state index contributed by atoms with van der Waals surface area (Å²) in [4.78, 5) is 14.5. The highest BCUT2D eigenvalue weighted by Gasteiger charge is 2.38. The van der Waals surface area contributed by atoms with Crippen LogP contribution >= 0.6 is 0 Å². The van der Waals surface area contributed by atoms with E-state index in [1.807, 2.05) is 30.3 Å². The Morgan fingerprint density at radius 3 is 2.71 bits per heavy atom. The van der Waals surface area contributed by atoms with Crippen LogP contribution in [-0.2, 0) is 6.54 Å². The van der Waals surface area contributed by atoms with Gasteiger partial charge < -0.3 is 9.64 Å². The summed E-state index contributed by atoms with van der Waals surface area (Å²) in [6.45, 7) is 2.56. The monoisotopic (exact) mass is 325 g/mol. The summed E-state index contributed by atoms with van der Waals surface area (Å²) < 4.78 is 6.81. The van der Waals surface area contributed by atoms with Crippen LogP contribution in [0, 0.1) is 11.8 Å². The van der Waals surface area contributed by atoms with Crippen LogP contribution in [0.25, 0.3) is 0 Å². The third-order valence-corrected chi connectivity index (χ3v) is 5.25. The number of rotatable bonds is 4. The molecule has 24 heavy (non-hydrogen) atoms. The molecule has 2 atom stereocenters. The van der Waals surface area contributed by atoms with Gasteiger partial charge in [-0.25, -0.2) is 4.68 Å². The van der Waals surface area contributed by atoms with Crippen LogP contribution in [0.3, 0.4) is 0 Å². The first-order valence-corrected chi connectivity index (χ1v) is 8.69. The van der Waals surface area contributed by atoms with Crippen LogP contribution in [0.5, 0.6) is 5.75 Å². The van der Waals surface area contributed by atoms with Gasteiger partial charge in [0.25, 0.3) is 5.56 Å². The number of hydrogen-bond acceptors (Lipinski definition) is 4. The first-order valence-electron chi connectivity index (χ1n) is 8.69. The number of anilines is 1. The van der Waals surface area contributed by atoms with E-state index in [9.17, 15) is 4.79 Å². The molecule has 0 amide bonds. The highest BCUT2D eigenvalue weighted by molar-refractivity contribution is 5.37. The van der Waals surface area contributed by atoms with Crippen molar-refractivity contribution < 1.29 is 4.74 Å². The first kappa shape index (κ1) is 15.2. The van der Waals surface area contributed by atoms with Gasteiger partial charge in [-0.2, -0.15) is 5.10 Å². The number of hydrogen-bond donors (Lipinski definition) is 0. The van der Waals surface area contributed by atoms with Gasteiger partial charge in [0, 0.05) is 19.2 Å². The van der Waals surface area contributed by atoms with Crippen molar-refractivity contribution in [2.24, 2.45) is 11.8 Å². The second-order valence-corrected chi connectivity index (χ2v) is 6.86. The van der Waals surface area contributed by atoms with Crippen molar-refractivity contribution in [3.8, 4) is 5.75 Å². The fraction of sp³-hybridized carbons (Fsp3) is 0.474. The molecule has 0 radical (unpaired) electrons. The summed E-state index contributed by atoms with van der Waals surface area (Å²) in [5, 5.41) is 4.62. The molecule has 2 fully saturated rings. The van der Waals surface area contributed by atoms with Crippen LogP contribution in [0.1, 0.15) is 24.8 Å². The smallest absolute Gasteiger partial charge is 0.267 e. The maximum atomic E-state index is 12.2. The number of nitrogens with zero attached hydrogens (tertiary/aromatic N) is 3. The lowest BCUT2D eigenvalue weighted by Gasteiger charge is -2.22. The van der Waals surface area contributed by atoms with E-state index in [-0.39, 0.29) is 5.56 Å². The van der Waals surface area contributed by atoms with E-state index in [1.54, 1.807) is 17.9 Å². The molecule has 0 N–H and O–H groups in total. The number of methoxy groups -OCH3 is 1. The molecule has 2 aliphatic rings. The van der Waals surface area contributed by atoms with Gasteiger partial charge in [0.15, 0.2) is 0 Å². The van der Waals surface area contributed by atoms with E-state index < -0.39 is 0 Å². The Bertz CT molecular complexity index is 774. The molecule has 0 spiro atoms. The number of aromatic nitrogens is 2. The highest BCUT2D eigenvalue weighted by atomic mass is 16.5. The molecule has 2 unspecified atom stereocenters. The molecule has 5 heteroatoms. The summed E-state index contributed by atoms with van der Waals surface area (Å²) in [6.07, 6.45) is 3.92. The standard InChI is InChI=1S/C19H23N3O2/c1-24-17-4-2-3-14(11-17)13-22-19(23)6-5-18(20-22)21-9-7-15-12-16(15)8-10-21/h2-6,11,15-16H,7-10,12-13H2,1H3. The predicted molar refractivity (Wildman–Crippen MR) is 93.6 cm³/mol. The van der Waals surface area contributed by atoms with Crippen molar-refractivity contribution in [2.75, 3.05) is 25.1 Å². The van der Waals surface area contributed by atoms with Gasteiger partial charge in [-0.15, -0.1) is 0 Å². The zero-order valence-electron chi connectivity index (χ0n) is 14.0. The summed E-state index contributed by atoms with van der Waals surface area (Å²) >= 11 is 0. The Hall–Kier alpha value is -2.30. The van der Waals surface area contributed by atoms with Gasteiger partial charge >= 0.3 is 0 Å². The lowest BCUT2D eigenvalue weighted by Crippen LogP contribution is -2.30. The minimum atomic E-state index is -0.0701. The van der Waals surface area contributed by atoms with Crippen LogP contribution in [0.2, 0.25) is 0 Å². The van der Waals surface area contributed by atoms with Gasteiger partial charge in [-0.3, -0.25) is 4.79 Å². The Labute approximate surface area is 141 Å². The second kappa shape index (κ2) is 6.30. The van der Waals surface area contributed by atoms with E-state index in [4.69, 9.17) is 4.74 Å². The Kier molecular flexibility index (Phi) is 4.00. The topological polar surface area (TPSA) is 47.4 Å². The second-order valence-electron chi connectivity index (χ2n) is 6.86. The van der Waals surface area contributed by atoms with Crippen molar-refractivity contribution in [3.05, 3.63) is 52.3 Å². The quantitative estimate of drug-likeness (QED) is 0.867. The molecule has 126 valence electrons. The molecule has 1 saturated heterocycles. The van der Waals surface area contributed by atoms with Crippen LogP contribution in [0.4, 0.5) is 5.82 Å². The molecule has 2 aromatic rings. The molecule has 1 aliphatic heterocycles. The summed E-state index contributed by atoms with van der Waals surface area (Å²) in [6, 6.07) is 11.3. The van der Waals surface area contributed by atoms with Gasteiger partial charge in [-0.1, -0.05) is 12.1 Å². The third kappa shape index (κ3) is 3.16. The van der Waals surface area contributed by atoms with Crippen LogP contribution in [0.15, 0.2) is 41.2 Å². The minimum absolute atomic E-state index is 0.0701. The lowest BCUT2D eigenvalue weighted by atomic mass is 10.2. The van der Waals surface area contributed by atoms with Crippen molar-refractivity contribution >= 4 is 5.82 Å². The number of fused-ring (bicyclic) bond motifs is 1. The Balaban J connectivity index is 1.55. The van der Waals surface area contributed by atoms with Gasteiger partial charge in [0.2, 0.25) is 0 Å². The average molecular weight is 325 g/mol. The fourth-order valence-corrected chi connectivity index (χ4v) is 3.67. The fourth-order valence-electron chi connectivity index (χ4n) is 3.67. The van der Waals surface area contributed by atoms with Gasteiger partial charge in [-0.05, 0) is 54.9 Å². The zero-order valence-corrected chi connectivity index (χ0v) is 14.0. The molecule has 2 heterocycles. The minimum Gasteiger partial charge on any atom is -0.497 e. The summed E-state index contributed by atoms with van der Waals surface area (Å²) in [5.74, 6) is 3.57. The van der Waals surface area contributed by atoms with Crippen molar-refractivity contribution in [1.29, 1.82) is 0 Å². The zero-order chi connectivity index (χ0) is 16.5. The molecule has 1 saturated carbocycles. The molecule has 1 aliphatic carbocycles. The van der Waals surface area contributed by atoms with Crippen LogP contribution < -0.4 is 15.2 Å². The SMILES string of the molecule is COc1cccc(Cn2nc(N3CCC4CC4CC3)ccc2=O)c1. The normalized spacial score (nSPS) is 22.6. The molecule has 1 aromatic carbocycles. The van der Waals surface area contributed by atoms with E-state index in [1.165, 1.54) is 19.3 Å². The Morgan fingerprint density at radius 1 is 1.17 bits per heavy atom. The van der Waals surface area contributed by atoms with E-state index in [2.05, 4.69) is 10.00 Å². The summed E-state index contributed by atoms with van der Waals surface area (Å²) in [7, 11) is 1.65. The van der Waals surface area contributed by atoms with Crippen molar-refractivity contribution in [2.45, 2.75) is 25.8 Å². The van der Waals surface area contributed by atoms with Crippen molar-refractivity contribution in [3.63, 3.8) is 0 Å². The molecule has 1 aromatic heterocycles. The number of benzene rings is 1. The molecule has 0 bridgehead atoms. The number of ether oxygens (including phenoxy) is 1. The predicted octanol–water partition coefficient (Wildman–Crippen LogP) is 2.54. The van der Waals surface area contributed by atoms with E-state index in [0.29, 0.717) is 6.54 Å². The van der Waals surface area contributed by atoms with E-state index >= 15 is 0 Å². The average Bonchev–Trinajstić information content (AvgIpc) is 3.36. The van der Waals surface area contributed by atoms with Crippen molar-refractivity contribution in [1.82, 2.24) is 9.78 Å². The Morgan fingerprint density at radius 2 is 1.96 bits per heavy atom. The largest absolute Gasteiger partial charge is 0.497 e.